The van der Waals surface area contributed by atoms with Crippen molar-refractivity contribution in [3.63, 3.8) is 0 Å². The van der Waals surface area contributed by atoms with Gasteiger partial charge in [0.1, 0.15) is 11.6 Å². The number of nitrogens with zero attached hydrogens (tertiary/aromatic N) is 3. The van der Waals surface area contributed by atoms with Crippen molar-refractivity contribution in [3.05, 3.63) is 89.4 Å². The normalized spacial score (nSPS) is 20.4. The lowest BCUT2D eigenvalue weighted by Crippen LogP contribution is -2.38. The summed E-state index contributed by atoms with van der Waals surface area (Å²) >= 11 is 0. The van der Waals surface area contributed by atoms with Gasteiger partial charge in [-0.2, -0.15) is 0 Å². The van der Waals surface area contributed by atoms with Crippen LogP contribution in [0.2, 0.25) is 0 Å². The summed E-state index contributed by atoms with van der Waals surface area (Å²) in [6.07, 6.45) is -1.43. The number of rotatable bonds is 5. The minimum atomic E-state index is -4.77. The maximum atomic E-state index is 13.0. The van der Waals surface area contributed by atoms with Crippen LogP contribution < -0.4 is 10.1 Å². The Kier molecular flexibility index (Phi) is 6.72. The van der Waals surface area contributed by atoms with Gasteiger partial charge in [0.2, 0.25) is 0 Å². The van der Waals surface area contributed by atoms with Crippen LogP contribution in [0.3, 0.4) is 0 Å². The third kappa shape index (κ3) is 5.34. The van der Waals surface area contributed by atoms with Gasteiger partial charge in [0.15, 0.2) is 5.65 Å². The van der Waals surface area contributed by atoms with E-state index in [0.717, 1.165) is 42.8 Å². The smallest absolute Gasteiger partial charge is 0.406 e. The number of benzene rings is 2. The van der Waals surface area contributed by atoms with Crippen LogP contribution in [-0.4, -0.2) is 58.3 Å². The minimum Gasteiger partial charge on any atom is -0.406 e. The molecule has 0 radical (unpaired) electrons. The summed E-state index contributed by atoms with van der Waals surface area (Å²) in [5.41, 5.74) is 4.45. The van der Waals surface area contributed by atoms with Crippen LogP contribution in [0.25, 0.3) is 11.2 Å². The Bertz CT molecular complexity index is 1450. The third-order valence-corrected chi connectivity index (χ3v) is 7.79. The number of imidazole rings is 1. The number of nitrogens with one attached hydrogen (secondary N) is 2. The first-order valence-electron chi connectivity index (χ1n) is 13.1. The quantitative estimate of drug-likeness (QED) is 0.360. The number of aromatic amines is 1. The molecular weight excluding hydrogens is 507 g/mol. The number of carbonyl (C=O) groups excluding carboxylic acids is 1. The first kappa shape index (κ1) is 25.4. The fourth-order valence-corrected chi connectivity index (χ4v) is 5.86. The lowest BCUT2D eigenvalue weighted by Gasteiger charge is -2.32. The van der Waals surface area contributed by atoms with Crippen molar-refractivity contribution in [2.45, 2.75) is 37.0 Å². The summed E-state index contributed by atoms with van der Waals surface area (Å²) in [5, 5.41) is 3.51. The number of alkyl halides is 3. The second-order valence-electron chi connectivity index (χ2n) is 10.1. The number of hydrogen-bond acceptors (Lipinski definition) is 5. The van der Waals surface area contributed by atoms with Crippen molar-refractivity contribution in [2.75, 3.05) is 26.2 Å². The third-order valence-electron chi connectivity index (χ3n) is 7.79. The molecule has 2 aliphatic rings. The Morgan fingerprint density at radius 1 is 0.949 bits per heavy atom. The van der Waals surface area contributed by atoms with E-state index in [1.54, 1.807) is 11.1 Å². The van der Waals surface area contributed by atoms with Gasteiger partial charge in [-0.05, 0) is 60.2 Å². The molecule has 0 saturated carbocycles. The second-order valence-corrected chi connectivity index (χ2v) is 10.1. The van der Waals surface area contributed by atoms with E-state index in [0.29, 0.717) is 30.2 Å². The highest BCUT2D eigenvalue weighted by atomic mass is 19.4. The topological polar surface area (TPSA) is 83.1 Å². The number of carbonyl (C=O) groups is 1. The SMILES string of the molecule is O=C(c1ccc(OC(F)(F)F)cc1)N1CCC(c2ccnc3nc(C4CNCC4c4ccccc4)[nH]c23)CC1. The Labute approximate surface area is 223 Å². The van der Waals surface area contributed by atoms with E-state index < -0.39 is 6.36 Å². The van der Waals surface area contributed by atoms with Gasteiger partial charge < -0.3 is 19.9 Å². The second kappa shape index (κ2) is 10.3. The van der Waals surface area contributed by atoms with Gasteiger partial charge in [-0.25, -0.2) is 9.97 Å². The number of ether oxygens (including phenoxy) is 1. The van der Waals surface area contributed by atoms with Gasteiger partial charge in [0, 0.05) is 49.8 Å². The first-order valence-corrected chi connectivity index (χ1v) is 13.1. The molecule has 1 amide bonds. The van der Waals surface area contributed by atoms with E-state index in [2.05, 4.69) is 44.3 Å². The van der Waals surface area contributed by atoms with Crippen molar-refractivity contribution in [3.8, 4) is 5.75 Å². The minimum absolute atomic E-state index is 0.198. The number of halogens is 3. The molecule has 2 fully saturated rings. The number of amides is 1. The molecule has 6 rings (SSSR count). The van der Waals surface area contributed by atoms with E-state index in [9.17, 15) is 18.0 Å². The zero-order valence-electron chi connectivity index (χ0n) is 21.1. The largest absolute Gasteiger partial charge is 0.573 e. The van der Waals surface area contributed by atoms with Crippen LogP contribution in [0.5, 0.6) is 5.75 Å². The van der Waals surface area contributed by atoms with Crippen molar-refractivity contribution in [2.24, 2.45) is 0 Å². The Hall–Kier alpha value is -3.92. The average molecular weight is 536 g/mol. The lowest BCUT2D eigenvalue weighted by molar-refractivity contribution is -0.274. The van der Waals surface area contributed by atoms with Gasteiger partial charge in [-0.1, -0.05) is 30.3 Å². The fourth-order valence-electron chi connectivity index (χ4n) is 5.86. The van der Waals surface area contributed by atoms with Gasteiger partial charge >= 0.3 is 6.36 Å². The fraction of sp³-hybridized carbons (Fsp3) is 0.345. The average Bonchev–Trinajstić information content (AvgIpc) is 3.60. The van der Waals surface area contributed by atoms with Crippen LogP contribution in [0.1, 0.15) is 57.9 Å². The van der Waals surface area contributed by atoms with Crippen molar-refractivity contribution >= 4 is 17.1 Å². The molecule has 39 heavy (non-hydrogen) atoms. The van der Waals surface area contributed by atoms with Crippen LogP contribution in [-0.2, 0) is 0 Å². The number of aromatic nitrogens is 3. The monoisotopic (exact) mass is 535 g/mol. The zero-order valence-corrected chi connectivity index (χ0v) is 21.1. The molecule has 202 valence electrons. The number of H-pyrrole nitrogens is 1. The Morgan fingerprint density at radius 2 is 1.67 bits per heavy atom. The summed E-state index contributed by atoms with van der Waals surface area (Å²) in [7, 11) is 0. The molecule has 4 aromatic rings. The summed E-state index contributed by atoms with van der Waals surface area (Å²) in [6, 6.07) is 17.6. The lowest BCUT2D eigenvalue weighted by atomic mass is 9.88. The molecule has 2 N–H and O–H groups in total. The summed E-state index contributed by atoms with van der Waals surface area (Å²) in [6.45, 7) is 2.85. The van der Waals surface area contributed by atoms with Crippen LogP contribution in [0, 0.1) is 0 Å². The van der Waals surface area contributed by atoms with Gasteiger partial charge in [0.05, 0.1) is 5.52 Å². The highest BCUT2D eigenvalue weighted by molar-refractivity contribution is 5.94. The van der Waals surface area contributed by atoms with Crippen LogP contribution in [0.4, 0.5) is 13.2 Å². The van der Waals surface area contributed by atoms with Gasteiger partial charge in [-0.15, -0.1) is 13.2 Å². The highest BCUT2D eigenvalue weighted by Gasteiger charge is 2.33. The highest BCUT2D eigenvalue weighted by Crippen LogP contribution is 2.37. The van der Waals surface area contributed by atoms with Crippen LogP contribution >= 0.6 is 0 Å². The molecule has 2 aliphatic heterocycles. The molecule has 2 aromatic heterocycles. The number of piperidine rings is 1. The molecule has 2 unspecified atom stereocenters. The number of hydrogen-bond donors (Lipinski definition) is 2. The molecule has 2 aromatic carbocycles. The van der Waals surface area contributed by atoms with Crippen molar-refractivity contribution in [1.82, 2.24) is 25.2 Å². The maximum Gasteiger partial charge on any atom is 0.573 e. The predicted molar refractivity (Wildman–Crippen MR) is 140 cm³/mol. The van der Waals surface area contributed by atoms with Crippen molar-refractivity contribution < 1.29 is 22.7 Å². The van der Waals surface area contributed by atoms with Gasteiger partial charge in [-0.3, -0.25) is 4.79 Å². The summed E-state index contributed by atoms with van der Waals surface area (Å²) in [5.74, 6) is 1.19. The molecule has 2 atom stereocenters. The molecule has 7 nitrogen and oxygen atoms in total. The molecule has 0 aliphatic carbocycles. The zero-order chi connectivity index (χ0) is 27.0. The predicted octanol–water partition coefficient (Wildman–Crippen LogP) is 5.35. The van der Waals surface area contributed by atoms with E-state index in [-0.39, 0.29) is 23.5 Å². The molecular formula is C29H28F3N5O2. The number of likely N-dealkylation sites (tertiary alicyclic amines) is 1. The molecule has 10 heteroatoms. The van der Waals surface area contributed by atoms with Crippen molar-refractivity contribution in [1.29, 1.82) is 0 Å². The van der Waals surface area contributed by atoms with E-state index in [1.807, 2.05) is 12.1 Å². The first-order chi connectivity index (χ1) is 18.9. The van der Waals surface area contributed by atoms with E-state index in [1.165, 1.54) is 29.8 Å². The molecule has 4 heterocycles. The van der Waals surface area contributed by atoms with E-state index >= 15 is 0 Å². The Morgan fingerprint density at radius 3 is 2.38 bits per heavy atom. The van der Waals surface area contributed by atoms with Gasteiger partial charge in [0.25, 0.3) is 5.91 Å². The Balaban J connectivity index is 1.15. The van der Waals surface area contributed by atoms with Crippen LogP contribution in [0.15, 0.2) is 66.9 Å². The number of pyridine rings is 1. The standard InChI is InChI=1S/C29H28F3N5O2/c30-29(31,32)39-21-8-6-20(7-9-21)28(38)37-14-11-19(12-15-37)22-10-13-34-27-25(22)35-26(36-27)24-17-33-16-23(24)18-4-2-1-3-5-18/h1-10,13,19,23-24,33H,11-12,14-17H2,(H,34,35,36). The number of fused-ring (bicyclic) bond motifs is 1. The molecule has 2 saturated heterocycles. The summed E-state index contributed by atoms with van der Waals surface area (Å²) < 4.78 is 41.2. The molecule has 0 spiro atoms. The molecule has 0 bridgehead atoms. The summed E-state index contributed by atoms with van der Waals surface area (Å²) in [4.78, 5) is 27.7. The van der Waals surface area contributed by atoms with E-state index in [4.69, 9.17) is 4.98 Å². The maximum absolute atomic E-state index is 13.0.